The molecule has 36 heavy (non-hydrogen) atoms. The van der Waals surface area contributed by atoms with Gasteiger partial charge in [0.25, 0.3) is 15.7 Å². The molecule has 2 fully saturated rings. The van der Waals surface area contributed by atoms with Crippen LogP contribution in [0, 0.1) is 17.8 Å². The number of fused-ring (bicyclic) bond motifs is 2. The van der Waals surface area contributed by atoms with Crippen molar-refractivity contribution in [3.63, 3.8) is 0 Å². The molecule has 4 atom stereocenters. The molecule has 0 aliphatic heterocycles. The Balaban J connectivity index is 1.55. The van der Waals surface area contributed by atoms with E-state index in [0.29, 0.717) is 10.9 Å². The third-order valence-electron chi connectivity index (χ3n) is 6.75. The SMILES string of the molecule is COc1cc(Br)c(O)cc1C(=O)N[C@@H]1[C@H]2CC[C@H](C2)[C@@H]1C(=O)Nc1cccc(S(=O)(=O)C(F)(F)F)c1. The smallest absolute Gasteiger partial charge is 0.501 e. The van der Waals surface area contributed by atoms with Crippen molar-refractivity contribution >= 4 is 43.3 Å². The molecule has 0 unspecified atom stereocenters. The number of phenols is 1. The number of aromatic hydroxyl groups is 1. The minimum atomic E-state index is -5.58. The Hall–Kier alpha value is -2.80. The van der Waals surface area contributed by atoms with Gasteiger partial charge in [-0.3, -0.25) is 9.59 Å². The third-order valence-corrected chi connectivity index (χ3v) is 8.87. The Kier molecular flexibility index (Phi) is 6.99. The summed E-state index contributed by atoms with van der Waals surface area (Å²) in [7, 11) is -4.21. The van der Waals surface area contributed by atoms with Crippen LogP contribution >= 0.6 is 15.9 Å². The molecule has 2 amide bonds. The molecule has 2 aromatic rings. The zero-order chi connectivity index (χ0) is 26.4. The number of hydrogen-bond acceptors (Lipinski definition) is 6. The number of nitrogens with one attached hydrogen (secondary N) is 2. The van der Waals surface area contributed by atoms with Gasteiger partial charge in [0.2, 0.25) is 5.91 Å². The summed E-state index contributed by atoms with van der Waals surface area (Å²) < 4.78 is 67.8. The van der Waals surface area contributed by atoms with Crippen molar-refractivity contribution in [2.45, 2.75) is 35.7 Å². The highest BCUT2D eigenvalue weighted by Gasteiger charge is 2.52. The normalized spacial score (nSPS) is 23.4. The van der Waals surface area contributed by atoms with Crippen LogP contribution in [0.25, 0.3) is 0 Å². The fraction of sp³-hybridized carbons (Fsp3) is 0.391. The second-order valence-corrected chi connectivity index (χ2v) is 11.6. The topological polar surface area (TPSA) is 122 Å². The van der Waals surface area contributed by atoms with E-state index in [4.69, 9.17) is 4.74 Å². The highest BCUT2D eigenvalue weighted by atomic mass is 79.9. The minimum absolute atomic E-state index is 0.0154. The van der Waals surface area contributed by atoms with Crippen LogP contribution in [0.5, 0.6) is 11.5 Å². The molecule has 3 N–H and O–H groups in total. The molecule has 2 bridgehead atoms. The Morgan fingerprint density at radius 1 is 1.14 bits per heavy atom. The van der Waals surface area contributed by atoms with Crippen molar-refractivity contribution in [2.75, 3.05) is 12.4 Å². The van der Waals surface area contributed by atoms with E-state index >= 15 is 0 Å². The molecule has 2 aromatic carbocycles. The summed E-state index contributed by atoms with van der Waals surface area (Å²) >= 11 is 3.16. The maximum absolute atomic E-state index is 13.2. The van der Waals surface area contributed by atoms with Crippen LogP contribution in [0.2, 0.25) is 0 Å². The van der Waals surface area contributed by atoms with E-state index in [-0.39, 0.29) is 34.6 Å². The van der Waals surface area contributed by atoms with E-state index < -0.39 is 44.0 Å². The second kappa shape index (κ2) is 9.58. The lowest BCUT2D eigenvalue weighted by Gasteiger charge is -2.31. The Bertz CT molecular complexity index is 1320. The Morgan fingerprint density at radius 2 is 1.83 bits per heavy atom. The number of methoxy groups -OCH3 is 1. The molecule has 13 heteroatoms. The number of halogens is 4. The molecule has 0 heterocycles. The van der Waals surface area contributed by atoms with Crippen molar-refractivity contribution in [2.24, 2.45) is 17.8 Å². The van der Waals surface area contributed by atoms with Crippen LogP contribution < -0.4 is 15.4 Å². The number of carbonyl (C=O) groups excluding carboxylic acids is 2. The average Bonchev–Trinajstić information content (AvgIpc) is 3.41. The minimum Gasteiger partial charge on any atom is -0.507 e. The number of ether oxygens (including phenoxy) is 1. The summed E-state index contributed by atoms with van der Waals surface area (Å²) in [5, 5.41) is 15.4. The van der Waals surface area contributed by atoms with Crippen LogP contribution in [-0.4, -0.2) is 44.0 Å². The van der Waals surface area contributed by atoms with Crippen LogP contribution in [0.15, 0.2) is 45.8 Å². The lowest BCUT2D eigenvalue weighted by molar-refractivity contribution is -0.122. The van der Waals surface area contributed by atoms with E-state index in [2.05, 4.69) is 26.6 Å². The summed E-state index contributed by atoms with van der Waals surface area (Å²) in [6.45, 7) is 0. The largest absolute Gasteiger partial charge is 0.507 e. The summed E-state index contributed by atoms with van der Waals surface area (Å²) in [4.78, 5) is 25.3. The quantitative estimate of drug-likeness (QED) is 0.462. The zero-order valence-electron chi connectivity index (χ0n) is 18.8. The van der Waals surface area contributed by atoms with E-state index in [1.54, 1.807) is 0 Å². The van der Waals surface area contributed by atoms with E-state index in [1.807, 2.05) is 0 Å². The predicted molar refractivity (Wildman–Crippen MR) is 126 cm³/mol. The molecule has 2 aliphatic rings. The van der Waals surface area contributed by atoms with Gasteiger partial charge in [-0.1, -0.05) is 6.07 Å². The van der Waals surface area contributed by atoms with Gasteiger partial charge < -0.3 is 20.5 Å². The lowest BCUT2D eigenvalue weighted by atomic mass is 9.83. The Labute approximate surface area is 213 Å². The number of amides is 2. The van der Waals surface area contributed by atoms with Crippen molar-refractivity contribution in [1.82, 2.24) is 5.32 Å². The molecule has 2 saturated carbocycles. The molecule has 8 nitrogen and oxygen atoms in total. The second-order valence-electron chi connectivity index (χ2n) is 8.83. The van der Waals surface area contributed by atoms with Crippen molar-refractivity contribution in [3.05, 3.63) is 46.4 Å². The fourth-order valence-corrected chi connectivity index (χ4v) is 6.23. The number of carbonyl (C=O) groups is 2. The zero-order valence-corrected chi connectivity index (χ0v) is 21.2. The monoisotopic (exact) mass is 590 g/mol. The molecule has 4 rings (SSSR count). The molecule has 194 valence electrons. The maximum Gasteiger partial charge on any atom is 0.501 e. The number of alkyl halides is 3. The molecule has 0 radical (unpaired) electrons. The van der Waals surface area contributed by atoms with E-state index in [1.165, 1.54) is 25.3 Å². The van der Waals surface area contributed by atoms with Crippen LogP contribution in [0.3, 0.4) is 0 Å². The molecule has 0 aromatic heterocycles. The standard InChI is InChI=1S/C23H22BrF3N2O6S/c1-35-18-10-16(24)17(30)9-15(18)21(31)29-20-12-6-5-11(7-12)19(20)22(32)28-13-3-2-4-14(8-13)36(33,34)23(25,26)27/h2-4,8-12,19-20,30H,5-7H2,1H3,(H,28,32)(H,29,31)/t11-,12+,19+,20-/m1/s1. The molecular formula is C23H22BrF3N2O6S. The number of rotatable bonds is 6. The molecular weight excluding hydrogens is 569 g/mol. The third kappa shape index (κ3) is 4.77. The molecule has 0 saturated heterocycles. The van der Waals surface area contributed by atoms with Crippen LogP contribution in [0.4, 0.5) is 18.9 Å². The fourth-order valence-electron chi connectivity index (χ4n) is 5.10. The molecule has 2 aliphatic carbocycles. The van der Waals surface area contributed by atoms with Crippen LogP contribution in [0.1, 0.15) is 29.6 Å². The molecule has 0 spiro atoms. The van der Waals surface area contributed by atoms with Gasteiger partial charge in [-0.05, 0) is 77.4 Å². The highest BCUT2D eigenvalue weighted by molar-refractivity contribution is 9.10. The van der Waals surface area contributed by atoms with Gasteiger partial charge >= 0.3 is 5.51 Å². The Morgan fingerprint density at radius 3 is 2.50 bits per heavy atom. The van der Waals surface area contributed by atoms with Gasteiger partial charge in [-0.25, -0.2) is 8.42 Å². The lowest BCUT2D eigenvalue weighted by Crippen LogP contribution is -2.48. The van der Waals surface area contributed by atoms with Gasteiger partial charge in [-0.2, -0.15) is 13.2 Å². The van der Waals surface area contributed by atoms with Crippen molar-refractivity contribution < 1.29 is 41.0 Å². The summed E-state index contributed by atoms with van der Waals surface area (Å²) in [5.41, 5.74) is -5.50. The number of sulfone groups is 1. The van der Waals surface area contributed by atoms with E-state index in [0.717, 1.165) is 31.0 Å². The number of phenolic OH excluding ortho intramolecular Hbond substituents is 1. The average molecular weight is 591 g/mol. The summed E-state index contributed by atoms with van der Waals surface area (Å²) in [6, 6.07) is 6.10. The first-order valence-corrected chi connectivity index (χ1v) is 13.2. The van der Waals surface area contributed by atoms with Crippen LogP contribution in [-0.2, 0) is 14.6 Å². The van der Waals surface area contributed by atoms with E-state index in [9.17, 15) is 36.3 Å². The van der Waals surface area contributed by atoms with Crippen molar-refractivity contribution in [1.29, 1.82) is 0 Å². The van der Waals surface area contributed by atoms with Gasteiger partial charge in [0, 0.05) is 11.7 Å². The number of anilines is 1. The summed E-state index contributed by atoms with van der Waals surface area (Å²) in [5.74, 6) is -1.75. The maximum atomic E-state index is 13.2. The first-order chi connectivity index (χ1) is 16.8. The first kappa shape index (κ1) is 26.3. The van der Waals surface area contributed by atoms with Gasteiger partial charge in [-0.15, -0.1) is 0 Å². The van der Waals surface area contributed by atoms with Gasteiger partial charge in [0.05, 0.1) is 28.0 Å². The first-order valence-electron chi connectivity index (χ1n) is 10.9. The highest BCUT2D eigenvalue weighted by Crippen LogP contribution is 2.49. The number of hydrogen-bond donors (Lipinski definition) is 3. The predicted octanol–water partition coefficient (Wildman–Crippen LogP) is 4.24. The number of benzene rings is 2. The van der Waals surface area contributed by atoms with Crippen molar-refractivity contribution in [3.8, 4) is 11.5 Å². The van der Waals surface area contributed by atoms with Gasteiger partial charge in [0.15, 0.2) is 0 Å². The summed E-state index contributed by atoms with van der Waals surface area (Å²) in [6.07, 6.45) is 2.23. The van der Waals surface area contributed by atoms with Gasteiger partial charge in [0.1, 0.15) is 11.5 Å².